The first-order valence-corrected chi connectivity index (χ1v) is 14.7. The van der Waals surface area contributed by atoms with Crippen molar-refractivity contribution in [2.24, 2.45) is 0 Å². The molecule has 5 N–H and O–H groups in total. The molecule has 0 aliphatic carbocycles. The van der Waals surface area contributed by atoms with Gasteiger partial charge in [-0.25, -0.2) is 0 Å². The van der Waals surface area contributed by atoms with Crippen molar-refractivity contribution in [1.29, 1.82) is 0 Å². The topological polar surface area (TPSA) is 209 Å². The van der Waals surface area contributed by atoms with E-state index in [1.807, 2.05) is 12.1 Å². The molecular weight excluding hydrogens is 624 g/mol. The van der Waals surface area contributed by atoms with Crippen molar-refractivity contribution in [2.45, 2.75) is 55.6 Å². The highest BCUT2D eigenvalue weighted by molar-refractivity contribution is 5.90. The molecule has 7 atom stereocenters. The van der Waals surface area contributed by atoms with Gasteiger partial charge in [-0.15, -0.1) is 0 Å². The average Bonchev–Trinajstić information content (AvgIpc) is 3.64. The minimum absolute atomic E-state index is 0.0676. The van der Waals surface area contributed by atoms with E-state index < -0.39 is 61.8 Å². The molecule has 4 aliphatic rings. The minimum atomic E-state index is -1.84. The fourth-order valence-electron chi connectivity index (χ4n) is 6.04. The van der Waals surface area contributed by atoms with Crippen molar-refractivity contribution in [3.05, 3.63) is 70.8 Å². The number of phenolic OH excluding ortho intramolecular Hbond substituents is 1. The average molecular weight is 655 g/mol. The lowest BCUT2D eigenvalue weighted by molar-refractivity contribution is -0.365. The summed E-state index contributed by atoms with van der Waals surface area (Å²) in [6.07, 6.45) is -9.40. The second-order valence-corrected chi connectivity index (χ2v) is 11.5. The molecule has 0 amide bonds. The molecule has 4 aliphatic heterocycles. The third kappa shape index (κ3) is 6.06. The third-order valence-electron chi connectivity index (χ3n) is 8.36. The van der Waals surface area contributed by atoms with Crippen LogP contribution < -0.4 is 23.8 Å². The number of ether oxygens (including phenoxy) is 6. The molecule has 4 heterocycles. The van der Waals surface area contributed by atoms with Gasteiger partial charge in [0, 0.05) is 29.2 Å². The van der Waals surface area contributed by atoms with Crippen LogP contribution in [0.5, 0.6) is 34.5 Å². The highest BCUT2D eigenvalue weighted by Crippen LogP contribution is 2.55. The molecule has 0 radical (unpaired) electrons. The minimum Gasteiger partial charge on any atom is -0.508 e. The first-order chi connectivity index (χ1) is 22.6. The molecule has 0 spiro atoms. The van der Waals surface area contributed by atoms with Gasteiger partial charge in [0.2, 0.25) is 6.79 Å². The predicted octanol–water partition coefficient (Wildman–Crippen LogP) is 1.46. The lowest BCUT2D eigenvalue weighted by Crippen LogP contribution is -2.59. The Morgan fingerprint density at radius 1 is 0.894 bits per heavy atom. The van der Waals surface area contributed by atoms with E-state index in [4.69, 9.17) is 43.3 Å². The number of rotatable bonds is 9. The first kappa shape index (κ1) is 30.8. The van der Waals surface area contributed by atoms with E-state index in [2.05, 4.69) is 0 Å². The van der Waals surface area contributed by atoms with E-state index in [1.54, 1.807) is 36.4 Å². The van der Waals surface area contributed by atoms with Crippen LogP contribution in [0.15, 0.2) is 48.5 Å². The number of carboxylic acid groups (broad SMARTS) is 1. The Kier molecular flexibility index (Phi) is 8.15. The maximum Gasteiger partial charge on any atom is 0.317 e. The zero-order valence-corrected chi connectivity index (χ0v) is 24.5. The summed E-state index contributed by atoms with van der Waals surface area (Å²) in [6.45, 7) is -0.170. The summed E-state index contributed by atoms with van der Waals surface area (Å²) < 4.78 is 33.7. The molecular formula is C32H30O15. The van der Waals surface area contributed by atoms with Crippen molar-refractivity contribution in [2.75, 3.05) is 20.0 Å². The number of aliphatic carboxylic acids is 1. The number of aliphatic hydroxyl groups is 3. The largest absolute Gasteiger partial charge is 0.508 e. The number of fused-ring (bicyclic) bond motifs is 6. The molecule has 3 aromatic rings. The summed E-state index contributed by atoms with van der Waals surface area (Å²) in [5.41, 5.74) is 2.84. The number of carbonyl (C=O) groups excluding carboxylic acids is 1. The smallest absolute Gasteiger partial charge is 0.317 e. The Morgan fingerprint density at radius 2 is 1.70 bits per heavy atom. The van der Waals surface area contributed by atoms with Crippen LogP contribution in [0, 0.1) is 0 Å². The Balaban J connectivity index is 1.12. The van der Waals surface area contributed by atoms with Gasteiger partial charge in [0.15, 0.2) is 29.6 Å². The van der Waals surface area contributed by atoms with Gasteiger partial charge in [0.25, 0.3) is 0 Å². The molecule has 7 rings (SSSR count). The van der Waals surface area contributed by atoms with Crippen LogP contribution in [0.2, 0.25) is 0 Å². The van der Waals surface area contributed by atoms with Crippen LogP contribution in [0.1, 0.15) is 40.7 Å². The quantitative estimate of drug-likeness (QED) is 0.0957. The Labute approximate surface area is 266 Å². The van der Waals surface area contributed by atoms with Crippen molar-refractivity contribution in [3.63, 3.8) is 0 Å². The van der Waals surface area contributed by atoms with Crippen LogP contribution in [0.3, 0.4) is 0 Å². The Morgan fingerprint density at radius 3 is 2.49 bits per heavy atom. The molecule has 1 fully saturated rings. The highest BCUT2D eigenvalue weighted by atomic mass is 17.2. The molecule has 0 aromatic heterocycles. The van der Waals surface area contributed by atoms with Gasteiger partial charge in [-0.3, -0.25) is 9.59 Å². The van der Waals surface area contributed by atoms with Crippen molar-refractivity contribution in [1.82, 2.24) is 0 Å². The second kappa shape index (κ2) is 12.4. The predicted molar refractivity (Wildman–Crippen MR) is 153 cm³/mol. The van der Waals surface area contributed by atoms with Crippen LogP contribution in [-0.2, 0) is 30.4 Å². The number of benzene rings is 3. The van der Waals surface area contributed by atoms with Crippen molar-refractivity contribution < 1.29 is 73.3 Å². The van der Waals surface area contributed by atoms with E-state index in [1.165, 1.54) is 0 Å². The standard InChI is InChI=1S/C32H30O15/c33-16-3-1-2-14(5-16)4-15-6-21-18(30-19(11-40-21)17-7-23-24(43-13-42-23)9-22(17)44-30)8-20(15)46-47-31-29(38)28(37)25(45-32(31)39)12-41-27(36)10-26(34)35/h1-3,5-9,19,25,28-33,37-39H,4,10-13H2,(H,34,35)/t19-,25-,28-,29+,30+,31+,32-/m1/s1. The SMILES string of the molecule is O=C(O)CC(=O)OC[C@H]1O[C@@H](O)[C@@H](OOc2cc3c(cc2Cc2cccc(O)c2)OC[C@@H]2c4cc5c(cc4O[C@@H]32)OCO5)[C@@H](O)[C@@H]1O. The lowest BCUT2D eigenvalue weighted by atomic mass is 9.88. The number of hydrogen-bond acceptors (Lipinski definition) is 14. The number of hydrogen-bond donors (Lipinski definition) is 5. The fraction of sp³-hybridized carbons (Fsp3) is 0.375. The molecule has 3 aromatic carbocycles. The van der Waals surface area contributed by atoms with Crippen molar-refractivity contribution >= 4 is 11.9 Å². The zero-order chi connectivity index (χ0) is 32.8. The van der Waals surface area contributed by atoms with Gasteiger partial charge in [-0.1, -0.05) is 12.1 Å². The monoisotopic (exact) mass is 654 g/mol. The van der Waals surface area contributed by atoms with Gasteiger partial charge >= 0.3 is 11.9 Å². The fourth-order valence-corrected chi connectivity index (χ4v) is 6.04. The molecule has 0 saturated carbocycles. The molecule has 1 saturated heterocycles. The summed E-state index contributed by atoms with van der Waals surface area (Å²) in [5.74, 6) is -0.0627. The molecule has 15 heteroatoms. The zero-order valence-electron chi connectivity index (χ0n) is 24.5. The molecule has 15 nitrogen and oxygen atoms in total. The normalized spacial score (nSPS) is 26.7. The Bertz CT molecular complexity index is 1690. The van der Waals surface area contributed by atoms with Gasteiger partial charge in [-0.2, -0.15) is 4.89 Å². The van der Waals surface area contributed by atoms with E-state index >= 15 is 0 Å². The third-order valence-corrected chi connectivity index (χ3v) is 8.36. The number of carbonyl (C=O) groups is 2. The van der Waals surface area contributed by atoms with Gasteiger partial charge in [0.1, 0.15) is 54.7 Å². The van der Waals surface area contributed by atoms with Crippen LogP contribution >= 0.6 is 0 Å². The summed E-state index contributed by atoms with van der Waals surface area (Å²) in [7, 11) is 0. The Hall–Kier alpha value is -4.80. The van der Waals surface area contributed by atoms with Crippen LogP contribution in [-0.4, -0.2) is 88.2 Å². The number of esters is 1. The van der Waals surface area contributed by atoms with E-state index in [0.29, 0.717) is 40.7 Å². The lowest BCUT2D eigenvalue weighted by Gasteiger charge is -2.39. The maximum atomic E-state index is 11.6. The van der Waals surface area contributed by atoms with E-state index in [9.17, 15) is 30.0 Å². The van der Waals surface area contributed by atoms with Crippen LogP contribution in [0.25, 0.3) is 0 Å². The summed E-state index contributed by atoms with van der Waals surface area (Å²) in [5, 5.41) is 50.7. The molecule has 47 heavy (non-hydrogen) atoms. The molecule has 0 bridgehead atoms. The van der Waals surface area contributed by atoms with Gasteiger partial charge in [0.05, 0.1) is 12.5 Å². The van der Waals surface area contributed by atoms with Crippen molar-refractivity contribution in [3.8, 4) is 34.5 Å². The highest BCUT2D eigenvalue weighted by Gasteiger charge is 2.47. The number of aromatic hydroxyl groups is 1. The van der Waals surface area contributed by atoms with Gasteiger partial charge in [-0.05, 0) is 35.9 Å². The summed E-state index contributed by atoms with van der Waals surface area (Å²) in [4.78, 5) is 33.5. The first-order valence-electron chi connectivity index (χ1n) is 14.7. The molecule has 248 valence electrons. The van der Waals surface area contributed by atoms with Gasteiger partial charge < -0.3 is 58.8 Å². The van der Waals surface area contributed by atoms with Crippen LogP contribution in [0.4, 0.5) is 0 Å². The second-order valence-electron chi connectivity index (χ2n) is 11.5. The summed E-state index contributed by atoms with van der Waals surface area (Å²) >= 11 is 0. The number of phenols is 1. The van der Waals surface area contributed by atoms with E-state index in [0.717, 1.165) is 11.1 Å². The number of aliphatic hydroxyl groups excluding tert-OH is 3. The summed E-state index contributed by atoms with van der Waals surface area (Å²) in [6, 6.07) is 13.7. The molecule has 0 unspecified atom stereocenters. The number of carboxylic acids is 1. The maximum absolute atomic E-state index is 11.6. The van der Waals surface area contributed by atoms with E-state index in [-0.39, 0.29) is 30.6 Å².